The number of carbonyl (C=O) groups is 4. The predicted molar refractivity (Wildman–Crippen MR) is 181 cm³/mol. The van der Waals surface area contributed by atoms with E-state index in [0.29, 0.717) is 11.3 Å². The van der Waals surface area contributed by atoms with E-state index in [2.05, 4.69) is 0 Å². The molecule has 5 atom stereocenters. The van der Waals surface area contributed by atoms with Crippen LogP contribution in [-0.2, 0) is 39.8 Å². The maximum absolute atomic E-state index is 13.5. The molecule has 49 heavy (non-hydrogen) atoms. The molecule has 0 N–H and O–H groups in total. The Morgan fingerprint density at radius 1 is 0.612 bits per heavy atom. The molecule has 5 unspecified atom stereocenters. The molecule has 0 spiro atoms. The maximum Gasteiger partial charge on any atom is 0.338 e. The zero-order valence-electron chi connectivity index (χ0n) is 26.8. The summed E-state index contributed by atoms with van der Waals surface area (Å²) in [4.78, 5) is 52.8. The molecule has 0 saturated carbocycles. The molecule has 10 nitrogen and oxygen atoms in total. The molecular weight excluding hydrogens is 648 g/mol. The van der Waals surface area contributed by atoms with Crippen molar-refractivity contribution >= 4 is 35.6 Å². The molecule has 1 heterocycles. The fourth-order valence-corrected chi connectivity index (χ4v) is 6.01. The first kappa shape index (κ1) is 35.3. The monoisotopic (exact) mass is 684 g/mol. The Hall–Kier alpha value is -4.97. The highest BCUT2D eigenvalue weighted by atomic mass is 32.2. The molecule has 0 amide bonds. The minimum Gasteiger partial charge on any atom is -0.459 e. The molecule has 0 radical (unpaired) electrons. The number of esters is 4. The van der Waals surface area contributed by atoms with Gasteiger partial charge < -0.3 is 28.4 Å². The topological polar surface area (TPSA) is 124 Å². The molecule has 1 aliphatic heterocycles. The summed E-state index contributed by atoms with van der Waals surface area (Å²) in [5.41, 5.74) is 0.771. The van der Waals surface area contributed by atoms with E-state index in [9.17, 15) is 19.2 Å². The van der Waals surface area contributed by atoms with Crippen LogP contribution in [0.5, 0.6) is 0 Å². The number of hydrogen-bond acceptors (Lipinski definition) is 11. The van der Waals surface area contributed by atoms with Gasteiger partial charge in [0.1, 0.15) is 37.5 Å². The fraction of sp³-hybridized carbons (Fsp3) is 0.263. The van der Waals surface area contributed by atoms with Gasteiger partial charge in [-0.15, -0.1) is 11.8 Å². The van der Waals surface area contributed by atoms with Crippen molar-refractivity contribution in [3.8, 4) is 0 Å². The van der Waals surface area contributed by atoms with Crippen molar-refractivity contribution < 1.29 is 47.6 Å². The van der Waals surface area contributed by atoms with Gasteiger partial charge in [-0.2, -0.15) is 0 Å². The van der Waals surface area contributed by atoms with Crippen LogP contribution in [0.1, 0.15) is 43.6 Å². The van der Waals surface area contributed by atoms with E-state index in [4.69, 9.17) is 28.4 Å². The maximum atomic E-state index is 13.5. The Morgan fingerprint density at radius 2 is 1.10 bits per heavy atom. The molecule has 0 aromatic heterocycles. The Morgan fingerprint density at radius 3 is 1.63 bits per heavy atom. The van der Waals surface area contributed by atoms with Gasteiger partial charge in [0.05, 0.1) is 16.7 Å². The first-order valence-electron chi connectivity index (χ1n) is 15.8. The van der Waals surface area contributed by atoms with Gasteiger partial charge in [0.15, 0.2) is 12.2 Å². The largest absolute Gasteiger partial charge is 0.459 e. The lowest BCUT2D eigenvalue weighted by molar-refractivity contribution is -0.222. The standard InChI is InChI=1S/C38H36O10S/c1-2-49-38-34(48-37(42)29-21-13-6-14-22-29)33(44-25-31(39)43-23-26-15-7-3-8-16-26)32(47-36(41)28-19-11-5-12-20-28)30(46-38)24-45-35(40)27-17-9-4-10-18-27/h3-22,30,32-34,38H,2,23-25H2,1H3. The predicted octanol–water partition coefficient (Wildman–Crippen LogP) is 5.90. The van der Waals surface area contributed by atoms with Crippen molar-refractivity contribution in [3.05, 3.63) is 144 Å². The molecule has 254 valence electrons. The van der Waals surface area contributed by atoms with Gasteiger partial charge in [0.25, 0.3) is 0 Å². The highest BCUT2D eigenvalue weighted by Crippen LogP contribution is 2.35. The molecule has 4 aromatic carbocycles. The molecule has 1 aliphatic rings. The highest BCUT2D eigenvalue weighted by molar-refractivity contribution is 7.99. The van der Waals surface area contributed by atoms with Crippen LogP contribution in [0.2, 0.25) is 0 Å². The summed E-state index contributed by atoms with van der Waals surface area (Å²) in [6.45, 7) is 1.02. The summed E-state index contributed by atoms with van der Waals surface area (Å²) in [5, 5.41) is 0. The van der Waals surface area contributed by atoms with Crippen molar-refractivity contribution in [1.82, 2.24) is 0 Å². The van der Waals surface area contributed by atoms with E-state index >= 15 is 0 Å². The van der Waals surface area contributed by atoms with Crippen molar-refractivity contribution in [3.63, 3.8) is 0 Å². The summed E-state index contributed by atoms with van der Waals surface area (Å²) in [7, 11) is 0. The van der Waals surface area contributed by atoms with Crippen molar-refractivity contribution in [2.75, 3.05) is 19.0 Å². The average molecular weight is 685 g/mol. The van der Waals surface area contributed by atoms with E-state index in [-0.39, 0.29) is 24.3 Å². The van der Waals surface area contributed by atoms with Gasteiger partial charge in [-0.3, -0.25) is 0 Å². The summed E-state index contributed by atoms with van der Waals surface area (Å²) >= 11 is 1.32. The molecule has 5 rings (SSSR count). The van der Waals surface area contributed by atoms with Gasteiger partial charge in [0.2, 0.25) is 0 Å². The van der Waals surface area contributed by atoms with Crippen LogP contribution < -0.4 is 0 Å². The second kappa shape index (κ2) is 18.0. The van der Waals surface area contributed by atoms with Crippen LogP contribution >= 0.6 is 11.8 Å². The minimum absolute atomic E-state index is 0.0159. The molecular formula is C38H36O10S. The average Bonchev–Trinajstić information content (AvgIpc) is 3.15. The van der Waals surface area contributed by atoms with E-state index in [1.54, 1.807) is 91.0 Å². The Kier molecular flexibility index (Phi) is 13.0. The van der Waals surface area contributed by atoms with Gasteiger partial charge >= 0.3 is 23.9 Å². The van der Waals surface area contributed by atoms with Gasteiger partial charge in [-0.05, 0) is 47.7 Å². The fourth-order valence-electron chi connectivity index (χ4n) is 5.06. The minimum atomic E-state index is -1.29. The van der Waals surface area contributed by atoms with Crippen molar-refractivity contribution in [2.24, 2.45) is 0 Å². The third kappa shape index (κ3) is 10.0. The SMILES string of the molecule is CCSC1OC(COC(=O)c2ccccc2)C(OC(=O)c2ccccc2)C(OCC(=O)OCc2ccccc2)C1OC(=O)c1ccccc1. The number of ether oxygens (including phenoxy) is 6. The van der Waals surface area contributed by atoms with E-state index < -0.39 is 60.3 Å². The highest BCUT2D eigenvalue weighted by Gasteiger charge is 2.52. The first-order valence-corrected chi connectivity index (χ1v) is 16.8. The van der Waals surface area contributed by atoms with Crippen LogP contribution in [0.25, 0.3) is 0 Å². The first-order chi connectivity index (χ1) is 23.9. The summed E-state index contributed by atoms with van der Waals surface area (Å²) in [5.74, 6) is -2.15. The van der Waals surface area contributed by atoms with Crippen LogP contribution in [0, 0.1) is 0 Å². The molecule has 0 bridgehead atoms. The Bertz CT molecular complexity index is 1650. The van der Waals surface area contributed by atoms with Gasteiger partial charge in [0, 0.05) is 0 Å². The second-order valence-corrected chi connectivity index (χ2v) is 12.2. The van der Waals surface area contributed by atoms with Crippen LogP contribution in [0.3, 0.4) is 0 Å². The Labute approximate surface area is 288 Å². The lowest BCUT2D eigenvalue weighted by Gasteiger charge is -2.44. The zero-order chi connectivity index (χ0) is 34.4. The number of thioether (sulfide) groups is 1. The van der Waals surface area contributed by atoms with E-state index in [1.165, 1.54) is 11.8 Å². The molecule has 1 fully saturated rings. The van der Waals surface area contributed by atoms with Crippen molar-refractivity contribution in [2.45, 2.75) is 43.4 Å². The number of rotatable bonds is 14. The second-order valence-electron chi connectivity index (χ2n) is 10.9. The molecule has 1 saturated heterocycles. The summed E-state index contributed by atoms with van der Waals surface area (Å²) in [6.07, 6.45) is -4.75. The van der Waals surface area contributed by atoms with E-state index in [1.807, 2.05) is 37.3 Å². The quantitative estimate of drug-likeness (QED) is 0.117. The Balaban J connectivity index is 1.44. The number of hydrogen-bond donors (Lipinski definition) is 0. The van der Waals surface area contributed by atoms with E-state index in [0.717, 1.165) is 5.56 Å². The van der Waals surface area contributed by atoms with Crippen LogP contribution in [0.4, 0.5) is 0 Å². The molecule has 0 aliphatic carbocycles. The van der Waals surface area contributed by atoms with Crippen molar-refractivity contribution in [1.29, 1.82) is 0 Å². The molecule has 11 heteroatoms. The van der Waals surface area contributed by atoms with Crippen LogP contribution in [0.15, 0.2) is 121 Å². The lowest BCUT2D eigenvalue weighted by Crippen LogP contribution is -2.61. The third-order valence-corrected chi connectivity index (χ3v) is 8.49. The third-order valence-electron chi connectivity index (χ3n) is 7.45. The normalized spacial score (nSPS) is 20.1. The number of benzene rings is 4. The van der Waals surface area contributed by atoms with Gasteiger partial charge in [-0.25, -0.2) is 19.2 Å². The number of carbonyl (C=O) groups excluding carboxylic acids is 4. The summed E-state index contributed by atoms with van der Waals surface area (Å²) in [6, 6.07) is 34.2. The summed E-state index contributed by atoms with van der Waals surface area (Å²) < 4.78 is 35.7. The lowest BCUT2D eigenvalue weighted by atomic mass is 9.99. The smallest absolute Gasteiger partial charge is 0.338 e. The van der Waals surface area contributed by atoms with Crippen LogP contribution in [-0.4, -0.2) is 72.7 Å². The molecule has 4 aromatic rings. The van der Waals surface area contributed by atoms with Gasteiger partial charge in [-0.1, -0.05) is 91.9 Å². The zero-order valence-corrected chi connectivity index (χ0v) is 27.6.